The van der Waals surface area contributed by atoms with Crippen LogP contribution in [0, 0.1) is 11.8 Å². The lowest BCUT2D eigenvalue weighted by molar-refractivity contribution is -0.153. The van der Waals surface area contributed by atoms with E-state index in [2.05, 4.69) is 5.32 Å². The minimum absolute atomic E-state index is 0.152. The molecule has 7 heteroatoms. The summed E-state index contributed by atoms with van der Waals surface area (Å²) in [5.41, 5.74) is 0. The van der Waals surface area contributed by atoms with Crippen molar-refractivity contribution in [1.29, 1.82) is 0 Å². The van der Waals surface area contributed by atoms with Gasteiger partial charge in [-0.05, 0) is 18.8 Å². The maximum Gasteiger partial charge on any atom is 0.389 e. The molecule has 0 saturated carbocycles. The molecule has 0 aliphatic carbocycles. The van der Waals surface area contributed by atoms with Crippen molar-refractivity contribution in [3.05, 3.63) is 0 Å². The summed E-state index contributed by atoms with van der Waals surface area (Å²) in [7, 11) is 0. The summed E-state index contributed by atoms with van der Waals surface area (Å²) in [5, 5.41) is 2.57. The molecule has 0 aromatic heterocycles. The molecule has 0 bridgehead atoms. The van der Waals surface area contributed by atoms with Crippen LogP contribution in [0.3, 0.4) is 0 Å². The van der Waals surface area contributed by atoms with E-state index < -0.39 is 24.4 Å². The zero-order valence-electron chi connectivity index (χ0n) is 10.5. The van der Waals surface area contributed by atoms with Crippen molar-refractivity contribution in [3.8, 4) is 0 Å². The Hall–Kier alpha value is -1.27. The molecule has 0 aromatic carbocycles. The van der Waals surface area contributed by atoms with Crippen molar-refractivity contribution in [2.24, 2.45) is 11.8 Å². The number of carbonyl (C=O) groups is 2. The third-order valence-corrected chi connectivity index (χ3v) is 3.68. The summed E-state index contributed by atoms with van der Waals surface area (Å²) in [6.45, 7) is 0.957. The highest BCUT2D eigenvalue weighted by atomic mass is 19.4. The summed E-state index contributed by atoms with van der Waals surface area (Å²) in [5.74, 6) is -1.27. The van der Waals surface area contributed by atoms with Crippen LogP contribution in [-0.2, 0) is 9.59 Å². The van der Waals surface area contributed by atoms with E-state index >= 15 is 0 Å². The second-order valence-electron chi connectivity index (χ2n) is 5.32. The second kappa shape index (κ2) is 5.38. The van der Waals surface area contributed by atoms with Gasteiger partial charge in [-0.2, -0.15) is 13.2 Å². The minimum atomic E-state index is -4.18. The van der Waals surface area contributed by atoms with Crippen molar-refractivity contribution >= 4 is 11.8 Å². The predicted molar refractivity (Wildman–Crippen MR) is 61.1 cm³/mol. The largest absolute Gasteiger partial charge is 0.389 e. The molecule has 2 aliphatic rings. The molecule has 2 rings (SSSR count). The van der Waals surface area contributed by atoms with Gasteiger partial charge in [-0.15, -0.1) is 0 Å². The van der Waals surface area contributed by atoms with Gasteiger partial charge >= 0.3 is 6.18 Å². The van der Waals surface area contributed by atoms with Crippen LogP contribution < -0.4 is 5.32 Å². The van der Waals surface area contributed by atoms with Gasteiger partial charge in [-0.3, -0.25) is 9.59 Å². The van der Waals surface area contributed by atoms with E-state index in [-0.39, 0.29) is 24.8 Å². The lowest BCUT2D eigenvalue weighted by Crippen LogP contribution is -2.44. The lowest BCUT2D eigenvalue weighted by atomic mass is 9.93. The third-order valence-electron chi connectivity index (χ3n) is 3.68. The summed E-state index contributed by atoms with van der Waals surface area (Å²) >= 11 is 0. The fourth-order valence-electron chi connectivity index (χ4n) is 2.80. The number of hydrogen-bond donors (Lipinski definition) is 1. The van der Waals surface area contributed by atoms with Crippen LogP contribution in [0.1, 0.15) is 25.7 Å². The Labute approximate surface area is 109 Å². The van der Waals surface area contributed by atoms with E-state index in [0.29, 0.717) is 25.9 Å². The number of piperidine rings is 1. The first-order valence-corrected chi connectivity index (χ1v) is 6.47. The normalized spacial score (nSPS) is 28.4. The number of hydrogen-bond acceptors (Lipinski definition) is 2. The Morgan fingerprint density at radius 2 is 2.16 bits per heavy atom. The zero-order valence-corrected chi connectivity index (χ0v) is 10.5. The van der Waals surface area contributed by atoms with Crippen molar-refractivity contribution < 1.29 is 22.8 Å². The van der Waals surface area contributed by atoms with Gasteiger partial charge in [0, 0.05) is 32.5 Å². The monoisotopic (exact) mass is 278 g/mol. The highest BCUT2D eigenvalue weighted by Gasteiger charge is 2.37. The molecule has 2 amide bonds. The number of halogens is 3. The van der Waals surface area contributed by atoms with Crippen molar-refractivity contribution in [1.82, 2.24) is 10.2 Å². The molecular weight excluding hydrogens is 261 g/mol. The van der Waals surface area contributed by atoms with E-state index in [4.69, 9.17) is 0 Å². The van der Waals surface area contributed by atoms with Gasteiger partial charge < -0.3 is 10.2 Å². The lowest BCUT2D eigenvalue weighted by Gasteiger charge is -2.34. The highest BCUT2D eigenvalue weighted by molar-refractivity contribution is 5.89. The van der Waals surface area contributed by atoms with Crippen molar-refractivity contribution in [2.75, 3.05) is 19.6 Å². The SMILES string of the molecule is O=C1CC(C(=O)N2CCCC(CC(F)(F)F)C2)CN1. The molecule has 19 heavy (non-hydrogen) atoms. The summed E-state index contributed by atoms with van der Waals surface area (Å²) < 4.78 is 37.1. The molecule has 4 nitrogen and oxygen atoms in total. The average molecular weight is 278 g/mol. The molecule has 108 valence electrons. The van der Waals surface area contributed by atoms with Crippen LogP contribution in [0.5, 0.6) is 0 Å². The molecule has 0 radical (unpaired) electrons. The Morgan fingerprint density at radius 1 is 1.42 bits per heavy atom. The molecule has 2 aliphatic heterocycles. The van der Waals surface area contributed by atoms with E-state index in [0.717, 1.165) is 0 Å². The molecule has 2 fully saturated rings. The first-order valence-electron chi connectivity index (χ1n) is 6.47. The van der Waals surface area contributed by atoms with E-state index in [1.54, 1.807) is 0 Å². The quantitative estimate of drug-likeness (QED) is 0.828. The van der Waals surface area contributed by atoms with Crippen LogP contribution in [0.4, 0.5) is 13.2 Å². The number of nitrogens with one attached hydrogen (secondary N) is 1. The van der Waals surface area contributed by atoms with Crippen LogP contribution in [-0.4, -0.2) is 42.5 Å². The molecule has 1 N–H and O–H groups in total. The van der Waals surface area contributed by atoms with E-state index in [1.807, 2.05) is 0 Å². The summed E-state index contributed by atoms with van der Waals surface area (Å²) in [6, 6.07) is 0. The van der Waals surface area contributed by atoms with Crippen LogP contribution >= 0.6 is 0 Å². The Balaban J connectivity index is 1.90. The average Bonchev–Trinajstić information content (AvgIpc) is 2.73. The van der Waals surface area contributed by atoms with Gasteiger partial charge in [-0.1, -0.05) is 0 Å². The Kier molecular flexibility index (Phi) is 4.01. The van der Waals surface area contributed by atoms with Crippen molar-refractivity contribution in [3.63, 3.8) is 0 Å². The van der Waals surface area contributed by atoms with Gasteiger partial charge in [0.25, 0.3) is 0 Å². The fourth-order valence-corrected chi connectivity index (χ4v) is 2.80. The van der Waals surface area contributed by atoms with Gasteiger partial charge in [0.15, 0.2) is 0 Å². The summed E-state index contributed by atoms with van der Waals surface area (Å²) in [4.78, 5) is 24.7. The topological polar surface area (TPSA) is 49.4 Å². The van der Waals surface area contributed by atoms with Gasteiger partial charge in [0.1, 0.15) is 0 Å². The third kappa shape index (κ3) is 3.84. The number of amides is 2. The molecule has 2 heterocycles. The van der Waals surface area contributed by atoms with Gasteiger partial charge in [-0.25, -0.2) is 0 Å². The number of nitrogens with zero attached hydrogens (tertiary/aromatic N) is 1. The molecule has 2 saturated heterocycles. The minimum Gasteiger partial charge on any atom is -0.355 e. The van der Waals surface area contributed by atoms with Crippen LogP contribution in [0.15, 0.2) is 0 Å². The first kappa shape index (κ1) is 14.1. The summed E-state index contributed by atoms with van der Waals surface area (Å²) in [6.07, 6.45) is -3.76. The number of likely N-dealkylation sites (tertiary alicyclic amines) is 1. The predicted octanol–water partition coefficient (Wildman–Crippen LogP) is 1.31. The number of alkyl halides is 3. The fraction of sp³-hybridized carbons (Fsp3) is 0.833. The van der Waals surface area contributed by atoms with E-state index in [9.17, 15) is 22.8 Å². The molecular formula is C12H17F3N2O2. The highest BCUT2D eigenvalue weighted by Crippen LogP contribution is 2.30. The van der Waals surface area contributed by atoms with E-state index in [1.165, 1.54) is 4.90 Å². The molecule has 0 spiro atoms. The molecule has 2 unspecified atom stereocenters. The Morgan fingerprint density at radius 3 is 2.74 bits per heavy atom. The number of carbonyl (C=O) groups excluding carboxylic acids is 2. The first-order chi connectivity index (χ1) is 8.85. The van der Waals surface area contributed by atoms with Crippen molar-refractivity contribution in [2.45, 2.75) is 31.9 Å². The van der Waals surface area contributed by atoms with Gasteiger partial charge in [0.2, 0.25) is 11.8 Å². The van der Waals surface area contributed by atoms with Gasteiger partial charge in [0.05, 0.1) is 5.92 Å². The van der Waals surface area contributed by atoms with Crippen LogP contribution in [0.2, 0.25) is 0 Å². The number of rotatable bonds is 2. The molecule has 2 atom stereocenters. The zero-order chi connectivity index (χ0) is 14.0. The smallest absolute Gasteiger partial charge is 0.355 e. The maximum atomic E-state index is 12.4. The maximum absolute atomic E-state index is 12.4. The Bertz CT molecular complexity index is 370. The molecule has 0 aromatic rings. The second-order valence-corrected chi connectivity index (χ2v) is 5.32. The van der Waals surface area contributed by atoms with Crippen LogP contribution in [0.25, 0.3) is 0 Å². The standard InChI is InChI=1S/C12H17F3N2O2/c13-12(14,15)5-8-2-1-3-17(7-8)11(19)9-4-10(18)16-6-9/h8-9H,1-7H2,(H,16,18).